The lowest BCUT2D eigenvalue weighted by molar-refractivity contribution is -0.132. The van der Waals surface area contributed by atoms with Crippen molar-refractivity contribution < 1.29 is 4.79 Å². The van der Waals surface area contributed by atoms with E-state index in [0.717, 1.165) is 6.54 Å². The number of likely N-dealkylation sites (tertiary alicyclic amines) is 1. The third-order valence-electron chi connectivity index (χ3n) is 2.46. The molecule has 0 N–H and O–H groups in total. The molecule has 82 valence electrons. The summed E-state index contributed by atoms with van der Waals surface area (Å²) in [5.41, 5.74) is 0. The number of nitrogens with zero attached hydrogens (tertiary/aromatic N) is 1. The monoisotopic (exact) mass is 197 g/mol. The van der Waals surface area contributed by atoms with E-state index in [2.05, 4.69) is 33.9 Å². The van der Waals surface area contributed by atoms with Gasteiger partial charge in [0.15, 0.2) is 0 Å². The fraction of sp³-hybridized carbons (Fsp3) is 0.750. The van der Waals surface area contributed by atoms with Crippen LogP contribution in [0.4, 0.5) is 0 Å². The van der Waals surface area contributed by atoms with E-state index >= 15 is 0 Å². The zero-order valence-electron chi connectivity index (χ0n) is 9.75. The van der Waals surface area contributed by atoms with Crippen molar-refractivity contribution in [2.24, 2.45) is 5.92 Å². The van der Waals surface area contributed by atoms with Crippen LogP contribution in [0.1, 0.15) is 40.0 Å². The van der Waals surface area contributed by atoms with Crippen LogP contribution in [0.3, 0.4) is 0 Å². The summed E-state index contributed by atoms with van der Waals surface area (Å²) in [6.07, 6.45) is 3.08. The fourth-order valence-corrected chi connectivity index (χ4v) is 1.77. The minimum Gasteiger partial charge on any atom is -0.340 e. The lowest BCUT2D eigenvalue weighted by Gasteiger charge is -2.22. The van der Waals surface area contributed by atoms with Crippen molar-refractivity contribution in [1.29, 1.82) is 0 Å². The molecule has 1 aliphatic heterocycles. The van der Waals surface area contributed by atoms with Crippen LogP contribution in [0.5, 0.6) is 0 Å². The number of hydrogen-bond donors (Lipinski definition) is 0. The van der Waals surface area contributed by atoms with Crippen molar-refractivity contribution in [3.05, 3.63) is 13.2 Å². The highest BCUT2D eigenvalue weighted by Crippen LogP contribution is 2.18. The molecule has 1 atom stereocenters. The average molecular weight is 197 g/mol. The van der Waals surface area contributed by atoms with E-state index in [1.807, 2.05) is 4.90 Å². The molecule has 2 heteroatoms. The van der Waals surface area contributed by atoms with Gasteiger partial charge in [0.25, 0.3) is 0 Å². The van der Waals surface area contributed by atoms with Crippen LogP contribution in [0.25, 0.3) is 0 Å². The summed E-state index contributed by atoms with van der Waals surface area (Å²) in [5, 5.41) is 0. The van der Waals surface area contributed by atoms with Crippen LogP contribution in [-0.4, -0.2) is 23.4 Å². The van der Waals surface area contributed by atoms with Gasteiger partial charge < -0.3 is 4.90 Å². The summed E-state index contributed by atoms with van der Waals surface area (Å²) < 4.78 is 0. The van der Waals surface area contributed by atoms with E-state index in [0.29, 0.717) is 24.3 Å². The Hall–Kier alpha value is -0.790. The molecule has 0 radical (unpaired) electrons. The number of amides is 1. The first-order valence-corrected chi connectivity index (χ1v) is 5.40. The lowest BCUT2D eigenvalue weighted by atomic mass is 10.1. The summed E-state index contributed by atoms with van der Waals surface area (Å²) in [6, 6.07) is 0.483. The molecule has 0 aromatic heterocycles. The van der Waals surface area contributed by atoms with E-state index in [4.69, 9.17) is 0 Å². The van der Waals surface area contributed by atoms with Gasteiger partial charge in [-0.1, -0.05) is 13.8 Å². The largest absolute Gasteiger partial charge is 0.340 e. The first-order valence-electron chi connectivity index (χ1n) is 5.40. The lowest BCUT2D eigenvalue weighted by Crippen LogP contribution is -2.34. The molecule has 0 spiro atoms. The van der Waals surface area contributed by atoms with Gasteiger partial charge in [-0.05, 0) is 25.7 Å². The topological polar surface area (TPSA) is 20.3 Å². The predicted octanol–water partition coefficient (Wildman–Crippen LogP) is 2.85. The molecule has 0 bridgehead atoms. The number of hydrogen-bond acceptors (Lipinski definition) is 1. The highest BCUT2D eigenvalue weighted by molar-refractivity contribution is 5.76. The molecule has 0 saturated carbocycles. The normalized spacial score (nSPS) is 20.6. The molecule has 1 amide bonds. The highest BCUT2D eigenvalue weighted by atomic mass is 16.2. The van der Waals surface area contributed by atoms with Gasteiger partial charge in [-0.25, -0.2) is 0 Å². The molecule has 0 aromatic carbocycles. The zero-order chi connectivity index (χ0) is 11.1. The Morgan fingerprint density at radius 2 is 2.07 bits per heavy atom. The van der Waals surface area contributed by atoms with Crippen LogP contribution in [0, 0.1) is 5.92 Å². The van der Waals surface area contributed by atoms with Crippen molar-refractivity contribution in [3.63, 3.8) is 0 Å². The van der Waals surface area contributed by atoms with E-state index in [1.165, 1.54) is 12.8 Å². The van der Waals surface area contributed by atoms with Gasteiger partial charge in [-0.3, -0.25) is 4.79 Å². The third-order valence-corrected chi connectivity index (χ3v) is 2.46. The Kier molecular flexibility index (Phi) is 6.26. The van der Waals surface area contributed by atoms with E-state index in [9.17, 15) is 4.79 Å². The molecule has 0 unspecified atom stereocenters. The van der Waals surface area contributed by atoms with Crippen LogP contribution in [-0.2, 0) is 4.79 Å². The number of carbonyl (C=O) groups excluding carboxylic acids is 1. The Morgan fingerprint density at radius 1 is 1.50 bits per heavy atom. The van der Waals surface area contributed by atoms with Crippen molar-refractivity contribution in [1.82, 2.24) is 4.90 Å². The molecule has 0 aliphatic carbocycles. The number of rotatable bonds is 2. The van der Waals surface area contributed by atoms with Crippen LogP contribution >= 0.6 is 0 Å². The highest BCUT2D eigenvalue weighted by Gasteiger charge is 2.24. The van der Waals surface area contributed by atoms with E-state index in [-0.39, 0.29) is 0 Å². The van der Waals surface area contributed by atoms with E-state index in [1.54, 1.807) is 0 Å². The van der Waals surface area contributed by atoms with Crippen molar-refractivity contribution >= 4 is 5.91 Å². The molecular weight excluding hydrogens is 174 g/mol. The molecule has 1 fully saturated rings. The molecule has 1 aliphatic rings. The van der Waals surface area contributed by atoms with Gasteiger partial charge in [-0.15, -0.1) is 13.2 Å². The summed E-state index contributed by atoms with van der Waals surface area (Å²) in [4.78, 5) is 13.6. The van der Waals surface area contributed by atoms with Crippen LogP contribution in [0.2, 0.25) is 0 Å². The first kappa shape index (κ1) is 13.2. The quantitative estimate of drug-likeness (QED) is 0.623. The van der Waals surface area contributed by atoms with Crippen LogP contribution in [0.15, 0.2) is 13.2 Å². The van der Waals surface area contributed by atoms with Gasteiger partial charge in [0.05, 0.1) is 0 Å². The SMILES string of the molecule is C=C.CC(C)CC(=O)N1CCC[C@H]1C. The maximum atomic E-state index is 11.6. The summed E-state index contributed by atoms with van der Waals surface area (Å²) >= 11 is 0. The Balaban J connectivity index is 0.000000791. The molecule has 14 heavy (non-hydrogen) atoms. The van der Waals surface area contributed by atoms with Gasteiger partial charge >= 0.3 is 0 Å². The Morgan fingerprint density at radius 3 is 2.43 bits per heavy atom. The molecule has 0 aromatic rings. The van der Waals surface area contributed by atoms with Gasteiger partial charge in [0.1, 0.15) is 0 Å². The van der Waals surface area contributed by atoms with Crippen molar-refractivity contribution in [3.8, 4) is 0 Å². The smallest absolute Gasteiger partial charge is 0.223 e. The predicted molar refractivity (Wildman–Crippen MR) is 61.1 cm³/mol. The second-order valence-electron chi connectivity index (χ2n) is 4.18. The zero-order valence-corrected chi connectivity index (χ0v) is 9.75. The van der Waals surface area contributed by atoms with Gasteiger partial charge in [0.2, 0.25) is 5.91 Å². The van der Waals surface area contributed by atoms with Crippen LogP contribution < -0.4 is 0 Å². The fourth-order valence-electron chi connectivity index (χ4n) is 1.77. The molecule has 1 rings (SSSR count). The summed E-state index contributed by atoms with van der Waals surface area (Å²) in [6.45, 7) is 13.3. The number of carbonyl (C=O) groups is 1. The summed E-state index contributed by atoms with van der Waals surface area (Å²) in [5.74, 6) is 0.834. The molecule has 1 heterocycles. The summed E-state index contributed by atoms with van der Waals surface area (Å²) in [7, 11) is 0. The van der Waals surface area contributed by atoms with Gasteiger partial charge in [0, 0.05) is 19.0 Å². The molecular formula is C12H23NO. The minimum absolute atomic E-state index is 0.343. The average Bonchev–Trinajstić information content (AvgIpc) is 2.54. The molecule has 2 nitrogen and oxygen atoms in total. The Labute approximate surface area is 88.0 Å². The second-order valence-corrected chi connectivity index (χ2v) is 4.18. The third kappa shape index (κ3) is 3.95. The second kappa shape index (κ2) is 6.63. The maximum absolute atomic E-state index is 11.6. The Bertz CT molecular complexity index is 177. The van der Waals surface area contributed by atoms with Gasteiger partial charge in [-0.2, -0.15) is 0 Å². The standard InChI is InChI=1S/C10H19NO.C2H4/c1-8(2)7-10(12)11-6-4-5-9(11)3;1-2/h8-9H,4-7H2,1-3H3;1-2H2/t9-;/m1./s1. The first-order chi connectivity index (χ1) is 6.61. The molecule has 1 saturated heterocycles. The van der Waals surface area contributed by atoms with Crippen molar-refractivity contribution in [2.75, 3.05) is 6.54 Å². The maximum Gasteiger partial charge on any atom is 0.223 e. The minimum atomic E-state index is 0.343. The van der Waals surface area contributed by atoms with Crippen molar-refractivity contribution in [2.45, 2.75) is 46.1 Å². The van der Waals surface area contributed by atoms with E-state index < -0.39 is 0 Å².